The third kappa shape index (κ3) is 3.34. The van der Waals surface area contributed by atoms with Gasteiger partial charge in [0.15, 0.2) is 0 Å². The molecule has 1 unspecified atom stereocenters. The summed E-state index contributed by atoms with van der Waals surface area (Å²) in [7, 11) is 0. The van der Waals surface area contributed by atoms with Crippen LogP contribution in [0.1, 0.15) is 35.1 Å². The molecule has 3 rings (SSSR count). The lowest BCUT2D eigenvalue weighted by Gasteiger charge is -2.03. The summed E-state index contributed by atoms with van der Waals surface area (Å²) in [5.41, 5.74) is 0.325. The van der Waals surface area contributed by atoms with Crippen LogP contribution in [0.2, 0.25) is 10.0 Å². The van der Waals surface area contributed by atoms with E-state index in [1.165, 1.54) is 12.1 Å². The molecular weight excluding hydrogens is 315 g/mol. The molecule has 0 spiro atoms. The van der Waals surface area contributed by atoms with Crippen LogP contribution in [0.5, 0.6) is 0 Å². The first-order chi connectivity index (χ1) is 10.1. The number of nitrogens with zero attached hydrogens (tertiary/aromatic N) is 2. The van der Waals surface area contributed by atoms with Crippen LogP contribution in [0, 0.1) is 0 Å². The number of hydrogen-bond donors (Lipinski definition) is 2. The number of aromatic nitrogens is 2. The molecule has 2 aromatic rings. The zero-order chi connectivity index (χ0) is 14.8. The molecule has 0 saturated carbocycles. The van der Waals surface area contributed by atoms with Gasteiger partial charge in [0.05, 0.1) is 6.04 Å². The largest absolute Gasteiger partial charge is 0.406 e. The van der Waals surface area contributed by atoms with Crippen molar-refractivity contribution < 1.29 is 9.21 Å². The first kappa shape index (κ1) is 14.3. The van der Waals surface area contributed by atoms with Crippen molar-refractivity contribution in [1.82, 2.24) is 15.5 Å². The number of hydrogen-bond acceptors (Lipinski definition) is 5. The van der Waals surface area contributed by atoms with E-state index in [4.69, 9.17) is 27.6 Å². The molecule has 2 heterocycles. The third-order valence-electron chi connectivity index (χ3n) is 3.14. The Kier molecular flexibility index (Phi) is 4.10. The van der Waals surface area contributed by atoms with Crippen molar-refractivity contribution in [2.24, 2.45) is 0 Å². The Labute approximate surface area is 130 Å². The van der Waals surface area contributed by atoms with Gasteiger partial charge in [0.1, 0.15) is 0 Å². The molecule has 1 aliphatic heterocycles. The number of anilines is 1. The Hall–Kier alpha value is -1.63. The Morgan fingerprint density at radius 3 is 2.71 bits per heavy atom. The molecule has 1 aromatic carbocycles. The lowest BCUT2D eigenvalue weighted by molar-refractivity contribution is 0.102. The van der Waals surface area contributed by atoms with Crippen molar-refractivity contribution in [1.29, 1.82) is 0 Å². The van der Waals surface area contributed by atoms with E-state index in [0.29, 0.717) is 21.5 Å². The third-order valence-corrected chi connectivity index (χ3v) is 3.58. The van der Waals surface area contributed by atoms with Gasteiger partial charge < -0.3 is 9.73 Å². The molecule has 0 aliphatic carbocycles. The molecule has 2 N–H and O–H groups in total. The van der Waals surface area contributed by atoms with Crippen molar-refractivity contribution in [3.63, 3.8) is 0 Å². The second-order valence-electron chi connectivity index (χ2n) is 4.71. The minimum absolute atomic E-state index is 0.0554. The van der Waals surface area contributed by atoms with Gasteiger partial charge in [-0.3, -0.25) is 10.1 Å². The second-order valence-corrected chi connectivity index (χ2v) is 5.58. The van der Waals surface area contributed by atoms with Gasteiger partial charge in [-0.2, -0.15) is 0 Å². The maximum absolute atomic E-state index is 12.1. The quantitative estimate of drug-likeness (QED) is 0.906. The van der Waals surface area contributed by atoms with E-state index >= 15 is 0 Å². The summed E-state index contributed by atoms with van der Waals surface area (Å²) >= 11 is 11.7. The zero-order valence-corrected chi connectivity index (χ0v) is 12.4. The van der Waals surface area contributed by atoms with Crippen LogP contribution in [-0.2, 0) is 0 Å². The average Bonchev–Trinajstić information content (AvgIpc) is 3.07. The predicted octanol–water partition coefficient (Wildman–Crippen LogP) is 3.05. The summed E-state index contributed by atoms with van der Waals surface area (Å²) < 4.78 is 5.44. The van der Waals surface area contributed by atoms with Crippen molar-refractivity contribution in [2.75, 3.05) is 11.9 Å². The molecule has 1 amide bonds. The monoisotopic (exact) mass is 326 g/mol. The van der Waals surface area contributed by atoms with Crippen LogP contribution in [0.4, 0.5) is 6.01 Å². The summed E-state index contributed by atoms with van der Waals surface area (Å²) in [6.07, 6.45) is 2.01. The van der Waals surface area contributed by atoms with Crippen LogP contribution in [-0.4, -0.2) is 22.6 Å². The van der Waals surface area contributed by atoms with E-state index in [9.17, 15) is 4.79 Å². The van der Waals surface area contributed by atoms with Crippen molar-refractivity contribution in [3.8, 4) is 0 Å². The van der Waals surface area contributed by atoms with E-state index in [-0.39, 0.29) is 12.1 Å². The predicted molar refractivity (Wildman–Crippen MR) is 78.7 cm³/mol. The van der Waals surface area contributed by atoms with E-state index in [2.05, 4.69) is 20.8 Å². The molecule has 21 heavy (non-hydrogen) atoms. The summed E-state index contributed by atoms with van der Waals surface area (Å²) in [6, 6.07) is 4.69. The van der Waals surface area contributed by atoms with Gasteiger partial charge in [-0.25, -0.2) is 0 Å². The van der Waals surface area contributed by atoms with Crippen LogP contribution >= 0.6 is 23.2 Å². The molecule has 8 heteroatoms. The maximum Gasteiger partial charge on any atom is 0.322 e. The molecule has 1 atom stereocenters. The average molecular weight is 327 g/mol. The number of rotatable bonds is 3. The smallest absolute Gasteiger partial charge is 0.322 e. The molecular formula is C13H12Cl2N4O2. The minimum Gasteiger partial charge on any atom is -0.406 e. The fourth-order valence-electron chi connectivity index (χ4n) is 2.18. The highest BCUT2D eigenvalue weighted by Gasteiger charge is 2.22. The zero-order valence-electron chi connectivity index (χ0n) is 10.9. The minimum atomic E-state index is -0.408. The van der Waals surface area contributed by atoms with Gasteiger partial charge >= 0.3 is 6.01 Å². The van der Waals surface area contributed by atoms with Crippen LogP contribution in [0.3, 0.4) is 0 Å². The van der Waals surface area contributed by atoms with Crippen molar-refractivity contribution in [2.45, 2.75) is 18.9 Å². The van der Waals surface area contributed by atoms with E-state index in [1.54, 1.807) is 6.07 Å². The van der Waals surface area contributed by atoms with Gasteiger partial charge in [0.25, 0.3) is 5.91 Å². The fourth-order valence-corrected chi connectivity index (χ4v) is 2.70. The van der Waals surface area contributed by atoms with Gasteiger partial charge in [-0.05, 0) is 37.6 Å². The van der Waals surface area contributed by atoms with Crippen molar-refractivity contribution >= 4 is 35.1 Å². The summed E-state index contributed by atoms with van der Waals surface area (Å²) in [5, 5.41) is 14.3. The van der Waals surface area contributed by atoms with Crippen LogP contribution in [0.25, 0.3) is 0 Å². The molecule has 110 valence electrons. The molecule has 0 bridgehead atoms. The Bertz CT molecular complexity index is 648. The SMILES string of the molecule is O=C(Nc1nnc(C2CCCN2)o1)c1cc(Cl)cc(Cl)c1. The van der Waals surface area contributed by atoms with Gasteiger partial charge in [0, 0.05) is 15.6 Å². The summed E-state index contributed by atoms with van der Waals surface area (Å²) in [6.45, 7) is 0.926. The number of amides is 1. The summed E-state index contributed by atoms with van der Waals surface area (Å²) in [5.74, 6) is 0.0703. The molecule has 1 saturated heterocycles. The highest BCUT2D eigenvalue weighted by atomic mass is 35.5. The molecule has 1 fully saturated rings. The number of halogens is 2. The molecule has 0 radical (unpaired) electrons. The molecule has 1 aromatic heterocycles. The van der Waals surface area contributed by atoms with Crippen LogP contribution < -0.4 is 10.6 Å². The maximum atomic E-state index is 12.1. The van der Waals surface area contributed by atoms with Gasteiger partial charge in [-0.1, -0.05) is 28.3 Å². The number of carbonyl (C=O) groups excluding carboxylic acids is 1. The number of nitrogens with one attached hydrogen (secondary N) is 2. The van der Waals surface area contributed by atoms with E-state index < -0.39 is 5.91 Å². The van der Waals surface area contributed by atoms with E-state index in [0.717, 1.165) is 19.4 Å². The normalized spacial score (nSPS) is 17.9. The first-order valence-corrected chi connectivity index (χ1v) is 7.21. The number of benzene rings is 1. The lowest BCUT2D eigenvalue weighted by Crippen LogP contribution is -2.13. The highest BCUT2D eigenvalue weighted by molar-refractivity contribution is 6.35. The Balaban J connectivity index is 1.72. The van der Waals surface area contributed by atoms with Crippen LogP contribution in [0.15, 0.2) is 22.6 Å². The first-order valence-electron chi connectivity index (χ1n) is 6.46. The Morgan fingerprint density at radius 2 is 2.05 bits per heavy atom. The number of carbonyl (C=O) groups is 1. The summed E-state index contributed by atoms with van der Waals surface area (Å²) in [4.78, 5) is 12.1. The highest BCUT2D eigenvalue weighted by Crippen LogP contribution is 2.23. The lowest BCUT2D eigenvalue weighted by atomic mass is 10.2. The second kappa shape index (κ2) is 6.01. The molecule has 6 nitrogen and oxygen atoms in total. The van der Waals surface area contributed by atoms with Crippen molar-refractivity contribution in [3.05, 3.63) is 39.7 Å². The van der Waals surface area contributed by atoms with E-state index in [1.807, 2.05) is 0 Å². The molecule has 1 aliphatic rings. The van der Waals surface area contributed by atoms with Gasteiger partial charge in [-0.15, -0.1) is 5.10 Å². The van der Waals surface area contributed by atoms with Gasteiger partial charge in [0.2, 0.25) is 5.89 Å². The standard InChI is InChI=1S/C13H12Cl2N4O2/c14-8-4-7(5-9(15)6-8)11(20)17-13-19-18-12(21-13)10-2-1-3-16-10/h4-6,10,16H,1-3H2,(H,17,19,20). The topological polar surface area (TPSA) is 80.0 Å². The Morgan fingerprint density at radius 1 is 1.29 bits per heavy atom. The fraction of sp³-hybridized carbons (Fsp3) is 0.308.